The molecule has 0 spiro atoms. The molecule has 10 heteroatoms. The molecule has 2 rings (SSSR count). The maximum absolute atomic E-state index is 12.9. The highest BCUT2D eigenvalue weighted by Gasteiger charge is 2.56. The van der Waals surface area contributed by atoms with Crippen molar-refractivity contribution in [2.24, 2.45) is 5.41 Å². The third kappa shape index (κ3) is 3.69. The molecule has 0 radical (unpaired) electrons. The Balaban J connectivity index is 2.27. The van der Waals surface area contributed by atoms with Crippen LogP contribution in [0.15, 0.2) is 23.1 Å². The molecule has 0 aliphatic heterocycles. The molecular formula is C14H14F3NO5S. The molecule has 0 atom stereocenters. The van der Waals surface area contributed by atoms with E-state index in [0.717, 1.165) is 18.4 Å². The van der Waals surface area contributed by atoms with Crippen LogP contribution in [0, 0.1) is 5.41 Å². The van der Waals surface area contributed by atoms with Crippen LogP contribution in [-0.2, 0) is 32.1 Å². The van der Waals surface area contributed by atoms with Gasteiger partial charge in [-0.25, -0.2) is 8.42 Å². The monoisotopic (exact) mass is 365 g/mol. The van der Waals surface area contributed by atoms with Crippen LogP contribution < -0.4 is 5.32 Å². The van der Waals surface area contributed by atoms with Gasteiger partial charge >= 0.3 is 12.1 Å². The summed E-state index contributed by atoms with van der Waals surface area (Å²) in [7, 11) is -3.88. The van der Waals surface area contributed by atoms with Gasteiger partial charge in [0.1, 0.15) is 5.41 Å². The van der Waals surface area contributed by atoms with Crippen molar-refractivity contribution < 1.29 is 36.3 Å². The summed E-state index contributed by atoms with van der Waals surface area (Å²) in [6.07, 6.45) is -3.66. The first kappa shape index (κ1) is 18.2. The number of hydrogen-bond acceptors (Lipinski definition) is 4. The number of rotatable bonds is 5. The lowest BCUT2D eigenvalue weighted by Gasteiger charge is -2.14. The van der Waals surface area contributed by atoms with Gasteiger partial charge in [0.05, 0.1) is 10.5 Å². The Morgan fingerprint density at radius 2 is 1.83 bits per heavy atom. The Hall–Kier alpha value is -2.10. The quantitative estimate of drug-likeness (QED) is 0.772. The highest BCUT2D eigenvalue weighted by atomic mass is 32.2. The highest BCUT2D eigenvalue weighted by Crippen LogP contribution is 2.46. The fraction of sp³-hybridized carbons (Fsp3) is 0.429. The number of alkyl halides is 3. The molecule has 0 aromatic heterocycles. The molecule has 132 valence electrons. The first-order valence-electron chi connectivity index (χ1n) is 6.79. The van der Waals surface area contributed by atoms with Crippen LogP contribution in [0.5, 0.6) is 0 Å². The summed E-state index contributed by atoms with van der Waals surface area (Å²) in [6, 6.07) is 2.25. The standard InChI is InChI=1S/C14H14F3NO5S/c1-24(22,23)10-5-8(4-9(6-10)14(15,16)17)7-18-11(19)13(2-3-13)12(20)21/h4-6H,2-3,7H2,1H3,(H,18,19)(H,20,21). The third-order valence-electron chi connectivity index (χ3n) is 3.77. The zero-order chi connectivity index (χ0) is 18.3. The van der Waals surface area contributed by atoms with Gasteiger partial charge in [0, 0.05) is 12.8 Å². The van der Waals surface area contributed by atoms with Crippen LogP contribution >= 0.6 is 0 Å². The molecular weight excluding hydrogens is 351 g/mol. The predicted molar refractivity (Wildman–Crippen MR) is 75.7 cm³/mol. The van der Waals surface area contributed by atoms with E-state index in [0.29, 0.717) is 6.07 Å². The lowest BCUT2D eigenvalue weighted by atomic mass is 10.1. The molecule has 1 fully saturated rings. The Labute approximate surface area is 135 Å². The van der Waals surface area contributed by atoms with Crippen LogP contribution in [0.1, 0.15) is 24.0 Å². The zero-order valence-corrected chi connectivity index (χ0v) is 13.3. The van der Waals surface area contributed by atoms with Gasteiger partial charge in [-0.05, 0) is 36.6 Å². The van der Waals surface area contributed by atoms with Gasteiger partial charge in [-0.1, -0.05) is 0 Å². The molecule has 1 aliphatic rings. The van der Waals surface area contributed by atoms with E-state index in [1.54, 1.807) is 0 Å². The Kier molecular flexibility index (Phi) is 4.38. The summed E-state index contributed by atoms with van der Waals surface area (Å²) in [5.41, 5.74) is -2.77. The van der Waals surface area contributed by atoms with E-state index in [1.807, 2.05) is 0 Å². The lowest BCUT2D eigenvalue weighted by molar-refractivity contribution is -0.149. The minimum absolute atomic E-state index is 0.0835. The van der Waals surface area contributed by atoms with E-state index in [9.17, 15) is 31.2 Å². The lowest BCUT2D eigenvalue weighted by Crippen LogP contribution is -2.36. The molecule has 0 heterocycles. The maximum atomic E-state index is 12.9. The van der Waals surface area contributed by atoms with Crippen molar-refractivity contribution in [1.82, 2.24) is 5.32 Å². The summed E-state index contributed by atoms with van der Waals surface area (Å²) in [4.78, 5) is 22.4. The summed E-state index contributed by atoms with van der Waals surface area (Å²) >= 11 is 0. The van der Waals surface area contributed by atoms with Crippen molar-refractivity contribution in [2.45, 2.75) is 30.5 Å². The van der Waals surface area contributed by atoms with E-state index in [-0.39, 0.29) is 18.4 Å². The minimum atomic E-state index is -4.75. The number of carbonyl (C=O) groups is 2. The molecule has 1 amide bonds. The number of aliphatic carboxylic acids is 1. The number of amides is 1. The van der Waals surface area contributed by atoms with Crippen LogP contribution in [-0.4, -0.2) is 31.7 Å². The molecule has 0 saturated heterocycles. The van der Waals surface area contributed by atoms with E-state index >= 15 is 0 Å². The molecule has 24 heavy (non-hydrogen) atoms. The second-order valence-electron chi connectivity index (χ2n) is 5.71. The largest absolute Gasteiger partial charge is 0.480 e. The molecule has 0 bridgehead atoms. The summed E-state index contributed by atoms with van der Waals surface area (Å²) in [5, 5.41) is 11.2. The fourth-order valence-electron chi connectivity index (χ4n) is 2.16. The number of carbonyl (C=O) groups excluding carboxylic acids is 1. The topological polar surface area (TPSA) is 101 Å². The van der Waals surface area contributed by atoms with E-state index in [4.69, 9.17) is 5.11 Å². The SMILES string of the molecule is CS(=O)(=O)c1cc(CNC(=O)C2(C(=O)O)CC2)cc(C(F)(F)F)c1. The first-order valence-corrected chi connectivity index (χ1v) is 8.68. The summed E-state index contributed by atoms with van der Waals surface area (Å²) in [5.74, 6) is -2.09. The van der Waals surface area contributed by atoms with Crippen LogP contribution in [0.4, 0.5) is 13.2 Å². The van der Waals surface area contributed by atoms with Gasteiger partial charge < -0.3 is 10.4 Å². The molecule has 6 nitrogen and oxygen atoms in total. The summed E-state index contributed by atoms with van der Waals surface area (Å²) < 4.78 is 61.7. The van der Waals surface area contributed by atoms with E-state index < -0.39 is 50.3 Å². The molecule has 1 aliphatic carbocycles. The van der Waals surface area contributed by atoms with Gasteiger partial charge in [-0.2, -0.15) is 13.2 Å². The molecule has 2 N–H and O–H groups in total. The van der Waals surface area contributed by atoms with E-state index in [2.05, 4.69) is 5.32 Å². The van der Waals surface area contributed by atoms with Crippen LogP contribution in [0.3, 0.4) is 0 Å². The second-order valence-corrected chi connectivity index (χ2v) is 7.72. The number of halogens is 3. The Morgan fingerprint density at radius 1 is 1.25 bits per heavy atom. The smallest absolute Gasteiger partial charge is 0.416 e. The fourth-order valence-corrected chi connectivity index (χ4v) is 2.86. The highest BCUT2D eigenvalue weighted by molar-refractivity contribution is 7.90. The summed E-state index contributed by atoms with van der Waals surface area (Å²) in [6.45, 7) is -0.402. The number of benzene rings is 1. The van der Waals surface area contributed by atoms with Crippen molar-refractivity contribution in [3.63, 3.8) is 0 Å². The molecule has 1 aromatic carbocycles. The Morgan fingerprint density at radius 3 is 2.25 bits per heavy atom. The predicted octanol–water partition coefficient (Wildman–Crippen LogP) is 1.59. The third-order valence-corrected chi connectivity index (χ3v) is 4.86. The maximum Gasteiger partial charge on any atom is 0.416 e. The zero-order valence-electron chi connectivity index (χ0n) is 12.5. The van der Waals surface area contributed by atoms with Gasteiger partial charge in [0.15, 0.2) is 9.84 Å². The number of nitrogens with one attached hydrogen (secondary N) is 1. The van der Waals surface area contributed by atoms with Gasteiger partial charge in [0.25, 0.3) is 0 Å². The van der Waals surface area contributed by atoms with E-state index in [1.165, 1.54) is 0 Å². The van der Waals surface area contributed by atoms with Crippen molar-refractivity contribution in [1.29, 1.82) is 0 Å². The average molecular weight is 365 g/mol. The van der Waals surface area contributed by atoms with Crippen molar-refractivity contribution in [3.05, 3.63) is 29.3 Å². The van der Waals surface area contributed by atoms with Crippen molar-refractivity contribution >= 4 is 21.7 Å². The second kappa shape index (κ2) is 5.76. The van der Waals surface area contributed by atoms with Crippen molar-refractivity contribution in [2.75, 3.05) is 6.26 Å². The van der Waals surface area contributed by atoms with Crippen LogP contribution in [0.2, 0.25) is 0 Å². The molecule has 1 saturated carbocycles. The molecule has 1 aromatic rings. The minimum Gasteiger partial charge on any atom is -0.480 e. The Bertz CT molecular complexity index is 797. The number of carboxylic acids is 1. The van der Waals surface area contributed by atoms with Crippen molar-refractivity contribution in [3.8, 4) is 0 Å². The number of sulfone groups is 1. The normalized spacial score (nSPS) is 16.5. The number of hydrogen-bond donors (Lipinski definition) is 2. The van der Waals surface area contributed by atoms with Gasteiger partial charge in [0.2, 0.25) is 5.91 Å². The number of carboxylic acid groups (broad SMARTS) is 1. The van der Waals surface area contributed by atoms with Crippen LogP contribution in [0.25, 0.3) is 0 Å². The van der Waals surface area contributed by atoms with Gasteiger partial charge in [-0.15, -0.1) is 0 Å². The van der Waals surface area contributed by atoms with Gasteiger partial charge in [-0.3, -0.25) is 9.59 Å². The first-order chi connectivity index (χ1) is 10.9. The average Bonchev–Trinajstić information content (AvgIpc) is 3.24. The molecule has 0 unspecified atom stereocenters.